The van der Waals surface area contributed by atoms with E-state index in [1.54, 1.807) is 26.4 Å². The fraction of sp³-hybridized carbons (Fsp3) is 0.278. The molecule has 4 nitrogen and oxygen atoms in total. The Morgan fingerprint density at radius 1 is 1.13 bits per heavy atom. The summed E-state index contributed by atoms with van der Waals surface area (Å²) in [7, 11) is 3.18. The van der Waals surface area contributed by atoms with E-state index in [2.05, 4.69) is 5.32 Å². The summed E-state index contributed by atoms with van der Waals surface area (Å²) in [6.07, 6.45) is -0.105. The first-order valence-corrected chi connectivity index (χ1v) is 7.31. The van der Waals surface area contributed by atoms with E-state index in [-0.39, 0.29) is 24.2 Å². The summed E-state index contributed by atoms with van der Waals surface area (Å²) in [6, 6.07) is 13.4. The molecule has 2 rings (SSSR count). The van der Waals surface area contributed by atoms with Gasteiger partial charge in [-0.3, -0.25) is 4.79 Å². The highest BCUT2D eigenvalue weighted by Gasteiger charge is 2.16. The number of methoxy groups -OCH3 is 2. The lowest BCUT2D eigenvalue weighted by atomic mass is 10.1. The van der Waals surface area contributed by atoms with Crippen molar-refractivity contribution in [2.24, 2.45) is 0 Å². The quantitative estimate of drug-likeness (QED) is 0.854. The van der Waals surface area contributed by atoms with E-state index in [4.69, 9.17) is 9.47 Å². The van der Waals surface area contributed by atoms with E-state index in [0.717, 1.165) is 11.1 Å². The van der Waals surface area contributed by atoms with Crippen LogP contribution < -0.4 is 10.1 Å². The number of benzene rings is 2. The van der Waals surface area contributed by atoms with Crippen LogP contribution in [0.1, 0.15) is 17.2 Å². The van der Waals surface area contributed by atoms with E-state index < -0.39 is 0 Å². The predicted molar refractivity (Wildman–Crippen MR) is 85.9 cm³/mol. The van der Waals surface area contributed by atoms with Crippen LogP contribution in [0.5, 0.6) is 5.75 Å². The summed E-state index contributed by atoms with van der Waals surface area (Å²) >= 11 is 0. The Morgan fingerprint density at radius 2 is 1.83 bits per heavy atom. The van der Waals surface area contributed by atoms with Crippen LogP contribution in [0.15, 0.2) is 48.5 Å². The Hall–Kier alpha value is -2.40. The fourth-order valence-electron chi connectivity index (χ4n) is 2.31. The van der Waals surface area contributed by atoms with Gasteiger partial charge in [0.2, 0.25) is 5.91 Å². The molecule has 5 heteroatoms. The summed E-state index contributed by atoms with van der Waals surface area (Å²) in [5.41, 5.74) is 1.63. The van der Waals surface area contributed by atoms with E-state index in [1.165, 1.54) is 12.1 Å². The van der Waals surface area contributed by atoms with Gasteiger partial charge in [-0.25, -0.2) is 4.39 Å². The van der Waals surface area contributed by atoms with Gasteiger partial charge in [-0.2, -0.15) is 0 Å². The maximum absolute atomic E-state index is 12.9. The number of carbonyl (C=O) groups is 1. The Morgan fingerprint density at radius 3 is 2.48 bits per heavy atom. The van der Waals surface area contributed by atoms with Crippen molar-refractivity contribution in [3.63, 3.8) is 0 Å². The van der Waals surface area contributed by atoms with Crippen molar-refractivity contribution in [2.75, 3.05) is 20.8 Å². The maximum Gasteiger partial charge on any atom is 0.224 e. The zero-order valence-corrected chi connectivity index (χ0v) is 13.2. The molecule has 23 heavy (non-hydrogen) atoms. The molecule has 0 saturated carbocycles. The highest BCUT2D eigenvalue weighted by molar-refractivity contribution is 5.78. The molecular weight excluding hydrogens is 297 g/mol. The normalized spacial score (nSPS) is 11.8. The number of carbonyl (C=O) groups excluding carboxylic acids is 1. The smallest absolute Gasteiger partial charge is 0.224 e. The zero-order valence-electron chi connectivity index (χ0n) is 13.2. The molecule has 1 atom stereocenters. The average Bonchev–Trinajstić information content (AvgIpc) is 2.58. The van der Waals surface area contributed by atoms with Gasteiger partial charge in [0.05, 0.1) is 13.5 Å². The molecule has 122 valence electrons. The predicted octanol–water partition coefficient (Wildman–Crippen LogP) is 2.88. The minimum absolute atomic E-state index is 0.145. The van der Waals surface area contributed by atoms with Crippen molar-refractivity contribution in [1.29, 1.82) is 0 Å². The number of nitrogens with one attached hydrogen (secondary N) is 1. The first-order chi connectivity index (χ1) is 11.1. The number of hydrogen-bond donors (Lipinski definition) is 1. The van der Waals surface area contributed by atoms with Gasteiger partial charge in [-0.1, -0.05) is 30.3 Å². The first-order valence-electron chi connectivity index (χ1n) is 7.31. The molecule has 0 bridgehead atoms. The SMILES string of the molecule is COc1ccccc1C(CNC(=O)Cc1ccc(F)cc1)OC. The zero-order chi connectivity index (χ0) is 16.7. The van der Waals surface area contributed by atoms with Crippen molar-refractivity contribution in [3.05, 3.63) is 65.5 Å². The molecule has 0 radical (unpaired) electrons. The average molecular weight is 317 g/mol. The Bertz CT molecular complexity index is 643. The number of halogens is 1. The minimum atomic E-state index is -0.315. The summed E-state index contributed by atoms with van der Waals surface area (Å²) in [5, 5.41) is 2.83. The number of para-hydroxylation sites is 1. The third-order valence-corrected chi connectivity index (χ3v) is 3.53. The van der Waals surface area contributed by atoms with Gasteiger partial charge in [0, 0.05) is 19.2 Å². The monoisotopic (exact) mass is 317 g/mol. The Kier molecular flexibility index (Phi) is 6.11. The van der Waals surface area contributed by atoms with Crippen molar-refractivity contribution in [3.8, 4) is 5.75 Å². The molecule has 2 aromatic rings. The molecule has 0 aliphatic carbocycles. The van der Waals surface area contributed by atoms with Crippen LogP contribution in [0.4, 0.5) is 4.39 Å². The summed E-state index contributed by atoms with van der Waals surface area (Å²) < 4.78 is 23.6. The minimum Gasteiger partial charge on any atom is -0.496 e. The van der Waals surface area contributed by atoms with Gasteiger partial charge >= 0.3 is 0 Å². The van der Waals surface area contributed by atoms with Crippen LogP contribution in [-0.2, 0) is 16.0 Å². The number of hydrogen-bond acceptors (Lipinski definition) is 3. The topological polar surface area (TPSA) is 47.6 Å². The second-order valence-electron chi connectivity index (χ2n) is 5.07. The molecule has 0 fully saturated rings. The molecule has 0 aromatic heterocycles. The third kappa shape index (κ3) is 4.79. The molecule has 0 aliphatic rings. The van der Waals surface area contributed by atoms with Crippen LogP contribution in [0.3, 0.4) is 0 Å². The molecule has 0 heterocycles. The van der Waals surface area contributed by atoms with Crippen molar-refractivity contribution >= 4 is 5.91 Å². The molecular formula is C18H20FNO3. The molecule has 1 N–H and O–H groups in total. The van der Waals surface area contributed by atoms with Gasteiger partial charge in [-0.05, 0) is 23.8 Å². The lowest BCUT2D eigenvalue weighted by molar-refractivity contribution is -0.121. The van der Waals surface area contributed by atoms with E-state index >= 15 is 0 Å². The van der Waals surface area contributed by atoms with Crippen molar-refractivity contribution in [2.45, 2.75) is 12.5 Å². The molecule has 0 spiro atoms. The molecule has 0 saturated heterocycles. The molecule has 0 aliphatic heterocycles. The lowest BCUT2D eigenvalue weighted by Gasteiger charge is -2.19. The van der Waals surface area contributed by atoms with Crippen molar-refractivity contribution in [1.82, 2.24) is 5.32 Å². The fourth-order valence-corrected chi connectivity index (χ4v) is 2.31. The summed E-state index contributed by atoms with van der Waals surface area (Å²) in [6.45, 7) is 0.330. The second-order valence-corrected chi connectivity index (χ2v) is 5.07. The molecule has 2 aromatic carbocycles. The second kappa shape index (κ2) is 8.29. The number of rotatable bonds is 7. The third-order valence-electron chi connectivity index (χ3n) is 3.53. The van der Waals surface area contributed by atoms with Gasteiger partial charge in [0.25, 0.3) is 0 Å². The number of ether oxygens (including phenoxy) is 2. The lowest BCUT2D eigenvalue weighted by Crippen LogP contribution is -2.30. The molecule has 1 amide bonds. The van der Waals surface area contributed by atoms with Gasteiger partial charge in [0.15, 0.2) is 0 Å². The van der Waals surface area contributed by atoms with Crippen LogP contribution in [0.2, 0.25) is 0 Å². The largest absolute Gasteiger partial charge is 0.496 e. The highest BCUT2D eigenvalue weighted by Crippen LogP contribution is 2.26. The maximum atomic E-state index is 12.9. The summed E-state index contributed by atoms with van der Waals surface area (Å²) in [5.74, 6) is 0.255. The van der Waals surface area contributed by atoms with Crippen LogP contribution in [-0.4, -0.2) is 26.7 Å². The highest BCUT2D eigenvalue weighted by atomic mass is 19.1. The van der Waals surface area contributed by atoms with E-state index in [0.29, 0.717) is 12.3 Å². The number of amides is 1. The first kappa shape index (κ1) is 17.0. The molecule has 1 unspecified atom stereocenters. The van der Waals surface area contributed by atoms with Gasteiger partial charge in [-0.15, -0.1) is 0 Å². The Balaban J connectivity index is 1.94. The van der Waals surface area contributed by atoms with Crippen LogP contribution in [0.25, 0.3) is 0 Å². The van der Waals surface area contributed by atoms with E-state index in [9.17, 15) is 9.18 Å². The van der Waals surface area contributed by atoms with Crippen LogP contribution >= 0.6 is 0 Å². The van der Waals surface area contributed by atoms with Gasteiger partial charge < -0.3 is 14.8 Å². The van der Waals surface area contributed by atoms with Crippen molar-refractivity contribution < 1.29 is 18.7 Å². The van der Waals surface area contributed by atoms with Gasteiger partial charge in [0.1, 0.15) is 17.7 Å². The van der Waals surface area contributed by atoms with E-state index in [1.807, 2.05) is 24.3 Å². The summed E-state index contributed by atoms with van der Waals surface area (Å²) in [4.78, 5) is 12.0. The standard InChI is InChI=1S/C18H20FNO3/c1-22-16-6-4-3-5-15(16)17(23-2)12-20-18(21)11-13-7-9-14(19)10-8-13/h3-10,17H,11-12H2,1-2H3,(H,20,21). The van der Waals surface area contributed by atoms with Crippen LogP contribution in [0, 0.1) is 5.82 Å². The Labute approximate surface area is 135 Å².